The van der Waals surface area contributed by atoms with Crippen LogP contribution in [0.25, 0.3) is 0 Å². The Morgan fingerprint density at radius 2 is 2.25 bits per heavy atom. The Labute approximate surface area is 124 Å². The molecule has 1 atom stereocenters. The maximum absolute atomic E-state index is 8.75. The second-order valence-corrected chi connectivity index (χ2v) is 5.65. The molecule has 0 aliphatic rings. The third kappa shape index (κ3) is 4.31. The van der Waals surface area contributed by atoms with Crippen LogP contribution in [0.4, 0.5) is 0 Å². The number of rotatable bonds is 7. The largest absolute Gasteiger partial charge is 0.496 e. The van der Waals surface area contributed by atoms with Crippen LogP contribution in [0.2, 0.25) is 0 Å². The van der Waals surface area contributed by atoms with Crippen LogP contribution in [0, 0.1) is 0 Å². The predicted molar refractivity (Wildman–Crippen MR) is 84.8 cm³/mol. The van der Waals surface area contributed by atoms with Crippen LogP contribution in [0.5, 0.6) is 5.75 Å². The zero-order valence-electron chi connectivity index (χ0n) is 12.5. The molecule has 0 aliphatic heterocycles. The average Bonchev–Trinajstić information content (AvgIpc) is 2.46. The minimum absolute atomic E-state index is 0.0532. The van der Waals surface area contributed by atoms with Crippen LogP contribution in [0.15, 0.2) is 23.4 Å². The van der Waals surface area contributed by atoms with E-state index in [1.165, 1.54) is 0 Å². The normalized spacial score (nSPS) is 13.6. The van der Waals surface area contributed by atoms with Crippen molar-refractivity contribution >= 4 is 17.6 Å². The van der Waals surface area contributed by atoms with E-state index in [0.29, 0.717) is 17.4 Å². The molecule has 0 aromatic heterocycles. The van der Waals surface area contributed by atoms with Crippen molar-refractivity contribution in [3.8, 4) is 5.75 Å². The summed E-state index contributed by atoms with van der Waals surface area (Å²) in [4.78, 5) is 2.29. The molecule has 112 valence electrons. The standard InChI is InChI=1S/C14H23N3O2S/c1-10(9-20-4)17(2)8-11-5-6-12(14(15)16-18)13(7-11)19-3/h5-7,10,18H,8-9H2,1-4H3,(H2,15,16). The number of methoxy groups -OCH3 is 1. The summed E-state index contributed by atoms with van der Waals surface area (Å²) in [5, 5.41) is 11.8. The van der Waals surface area contributed by atoms with E-state index in [9.17, 15) is 0 Å². The van der Waals surface area contributed by atoms with E-state index in [2.05, 4.69) is 30.3 Å². The molecule has 0 bridgehead atoms. The van der Waals surface area contributed by atoms with Gasteiger partial charge in [0.05, 0.1) is 12.7 Å². The van der Waals surface area contributed by atoms with E-state index in [1.54, 1.807) is 7.11 Å². The number of oxime groups is 1. The van der Waals surface area contributed by atoms with Gasteiger partial charge in [-0.25, -0.2) is 0 Å². The first-order chi connectivity index (χ1) is 9.53. The molecule has 5 nitrogen and oxygen atoms in total. The van der Waals surface area contributed by atoms with Crippen LogP contribution < -0.4 is 10.5 Å². The molecule has 1 unspecified atom stereocenters. The summed E-state index contributed by atoms with van der Waals surface area (Å²) in [7, 11) is 3.68. The second kappa shape index (κ2) is 8.01. The summed E-state index contributed by atoms with van der Waals surface area (Å²) in [6.07, 6.45) is 2.11. The minimum atomic E-state index is 0.0532. The molecule has 20 heavy (non-hydrogen) atoms. The number of benzene rings is 1. The van der Waals surface area contributed by atoms with E-state index in [-0.39, 0.29) is 5.84 Å². The van der Waals surface area contributed by atoms with Gasteiger partial charge in [-0.3, -0.25) is 4.90 Å². The number of nitrogens with zero attached hydrogens (tertiary/aromatic N) is 2. The lowest BCUT2D eigenvalue weighted by molar-refractivity contribution is 0.269. The first-order valence-corrected chi connectivity index (χ1v) is 7.76. The quantitative estimate of drug-likeness (QED) is 0.348. The van der Waals surface area contributed by atoms with Crippen molar-refractivity contribution in [2.24, 2.45) is 10.9 Å². The van der Waals surface area contributed by atoms with Gasteiger partial charge in [-0.2, -0.15) is 11.8 Å². The maximum atomic E-state index is 8.75. The average molecular weight is 297 g/mol. The fourth-order valence-electron chi connectivity index (χ4n) is 1.91. The van der Waals surface area contributed by atoms with E-state index in [1.807, 2.05) is 30.0 Å². The molecule has 6 heteroatoms. The highest BCUT2D eigenvalue weighted by atomic mass is 32.2. The highest BCUT2D eigenvalue weighted by molar-refractivity contribution is 7.98. The number of thioether (sulfide) groups is 1. The van der Waals surface area contributed by atoms with Gasteiger partial charge in [-0.1, -0.05) is 11.2 Å². The van der Waals surface area contributed by atoms with E-state index < -0.39 is 0 Å². The van der Waals surface area contributed by atoms with Gasteiger partial charge in [-0.15, -0.1) is 0 Å². The third-order valence-corrected chi connectivity index (χ3v) is 4.06. The monoisotopic (exact) mass is 297 g/mol. The molecule has 0 fully saturated rings. The smallest absolute Gasteiger partial charge is 0.173 e. The lowest BCUT2D eigenvalue weighted by Crippen LogP contribution is -2.30. The summed E-state index contributed by atoms with van der Waals surface area (Å²) in [6, 6.07) is 6.21. The van der Waals surface area contributed by atoms with Gasteiger partial charge in [0.2, 0.25) is 0 Å². The molecule has 3 N–H and O–H groups in total. The van der Waals surface area contributed by atoms with Crippen molar-refractivity contribution < 1.29 is 9.94 Å². The molecule has 0 amide bonds. The molecule has 0 heterocycles. The lowest BCUT2D eigenvalue weighted by atomic mass is 10.1. The Morgan fingerprint density at radius 3 is 2.80 bits per heavy atom. The molecular weight excluding hydrogens is 274 g/mol. The topological polar surface area (TPSA) is 71.1 Å². The highest BCUT2D eigenvalue weighted by Crippen LogP contribution is 2.21. The van der Waals surface area contributed by atoms with Crippen LogP contribution in [0.3, 0.4) is 0 Å². The maximum Gasteiger partial charge on any atom is 0.173 e. The Hall–Kier alpha value is -1.40. The Balaban J connectivity index is 2.88. The van der Waals surface area contributed by atoms with Gasteiger partial charge < -0.3 is 15.7 Å². The van der Waals surface area contributed by atoms with Crippen LogP contribution >= 0.6 is 11.8 Å². The zero-order valence-corrected chi connectivity index (χ0v) is 13.3. The van der Waals surface area contributed by atoms with Gasteiger partial charge in [0.15, 0.2) is 5.84 Å². The molecule has 0 aliphatic carbocycles. The first kappa shape index (κ1) is 16.7. The Morgan fingerprint density at radius 1 is 1.55 bits per heavy atom. The van der Waals surface area contributed by atoms with Gasteiger partial charge in [-0.05, 0) is 37.9 Å². The molecule has 1 rings (SSSR count). The van der Waals surface area contributed by atoms with E-state index in [4.69, 9.17) is 15.7 Å². The van der Waals surface area contributed by atoms with Crippen molar-refractivity contribution in [1.82, 2.24) is 4.90 Å². The molecule has 1 aromatic rings. The second-order valence-electron chi connectivity index (χ2n) is 4.74. The molecular formula is C14H23N3O2S. The van der Waals surface area contributed by atoms with Crippen molar-refractivity contribution in [3.63, 3.8) is 0 Å². The first-order valence-electron chi connectivity index (χ1n) is 6.37. The van der Waals surface area contributed by atoms with E-state index in [0.717, 1.165) is 17.9 Å². The molecule has 0 saturated heterocycles. The summed E-state index contributed by atoms with van der Waals surface area (Å²) >= 11 is 1.84. The van der Waals surface area contributed by atoms with Gasteiger partial charge in [0.25, 0.3) is 0 Å². The molecule has 0 saturated carbocycles. The fourth-order valence-corrected chi connectivity index (χ4v) is 2.65. The minimum Gasteiger partial charge on any atom is -0.496 e. The van der Waals surface area contributed by atoms with Gasteiger partial charge in [0, 0.05) is 18.3 Å². The van der Waals surface area contributed by atoms with Gasteiger partial charge in [0.1, 0.15) is 5.75 Å². The summed E-state index contributed by atoms with van der Waals surface area (Å²) in [6.45, 7) is 3.03. The van der Waals surface area contributed by atoms with Crippen LogP contribution in [-0.2, 0) is 6.54 Å². The molecule has 0 spiro atoms. The predicted octanol–water partition coefficient (Wildman–Crippen LogP) is 1.97. The van der Waals surface area contributed by atoms with Gasteiger partial charge >= 0.3 is 0 Å². The third-order valence-electron chi connectivity index (χ3n) is 3.24. The highest BCUT2D eigenvalue weighted by Gasteiger charge is 2.12. The zero-order chi connectivity index (χ0) is 15.1. The number of hydrogen-bond acceptors (Lipinski definition) is 5. The fraction of sp³-hybridized carbons (Fsp3) is 0.500. The van der Waals surface area contributed by atoms with Crippen LogP contribution in [0.1, 0.15) is 18.1 Å². The van der Waals surface area contributed by atoms with Crippen molar-refractivity contribution in [3.05, 3.63) is 29.3 Å². The number of nitrogens with two attached hydrogens (primary N) is 1. The lowest BCUT2D eigenvalue weighted by Gasteiger charge is -2.24. The summed E-state index contributed by atoms with van der Waals surface area (Å²) in [5.41, 5.74) is 7.34. The number of amidine groups is 1. The molecule has 0 radical (unpaired) electrons. The molecule has 1 aromatic carbocycles. The van der Waals surface area contributed by atoms with Crippen molar-refractivity contribution in [2.45, 2.75) is 19.5 Å². The van der Waals surface area contributed by atoms with E-state index >= 15 is 0 Å². The Bertz CT molecular complexity index is 466. The Kier molecular flexibility index (Phi) is 6.67. The summed E-state index contributed by atoms with van der Waals surface area (Å²) in [5.74, 6) is 1.76. The number of ether oxygens (including phenoxy) is 1. The van der Waals surface area contributed by atoms with Crippen LogP contribution in [-0.4, -0.2) is 48.2 Å². The SMILES string of the molecule is COc1cc(CN(C)C(C)CSC)ccc1/C(N)=N/O. The van der Waals surface area contributed by atoms with Crippen molar-refractivity contribution in [2.75, 3.05) is 26.2 Å². The number of hydrogen-bond donors (Lipinski definition) is 2. The summed E-state index contributed by atoms with van der Waals surface area (Å²) < 4.78 is 5.30. The van der Waals surface area contributed by atoms with Crippen molar-refractivity contribution in [1.29, 1.82) is 0 Å².